The molecular formula is C16H17NO2. The minimum Gasteiger partial charge on any atom is -0.488 e. The standard InChI is InChI=1S/C16H17NO2/c17-14-6-2-4-8-16(14)18-11-13-10-9-12-5-1-3-7-15(12)19-13/h1-8,13H,9-11,17H2. The van der Waals surface area contributed by atoms with E-state index < -0.39 is 0 Å². The number of hydrogen-bond acceptors (Lipinski definition) is 3. The van der Waals surface area contributed by atoms with Crippen molar-refractivity contribution < 1.29 is 9.47 Å². The molecule has 1 atom stereocenters. The van der Waals surface area contributed by atoms with Gasteiger partial charge in [-0.3, -0.25) is 0 Å². The van der Waals surface area contributed by atoms with Crippen LogP contribution in [0.5, 0.6) is 11.5 Å². The van der Waals surface area contributed by atoms with Gasteiger partial charge in [0.05, 0.1) is 5.69 Å². The molecule has 0 amide bonds. The highest BCUT2D eigenvalue weighted by Gasteiger charge is 2.19. The fourth-order valence-corrected chi connectivity index (χ4v) is 2.29. The van der Waals surface area contributed by atoms with Crippen LogP contribution in [-0.4, -0.2) is 12.7 Å². The van der Waals surface area contributed by atoms with Crippen LogP contribution in [0, 0.1) is 0 Å². The molecule has 3 heteroatoms. The minimum atomic E-state index is 0.0921. The van der Waals surface area contributed by atoms with Gasteiger partial charge in [0.25, 0.3) is 0 Å². The van der Waals surface area contributed by atoms with Crippen LogP contribution in [0.15, 0.2) is 48.5 Å². The fourth-order valence-electron chi connectivity index (χ4n) is 2.29. The van der Waals surface area contributed by atoms with Crippen LogP contribution in [0.2, 0.25) is 0 Å². The average molecular weight is 255 g/mol. The molecule has 0 aromatic heterocycles. The Morgan fingerprint density at radius 3 is 2.79 bits per heavy atom. The minimum absolute atomic E-state index is 0.0921. The first kappa shape index (κ1) is 11.9. The summed E-state index contributed by atoms with van der Waals surface area (Å²) in [6.07, 6.45) is 2.10. The Hall–Kier alpha value is -2.16. The van der Waals surface area contributed by atoms with E-state index in [1.54, 1.807) is 0 Å². The van der Waals surface area contributed by atoms with E-state index in [-0.39, 0.29) is 6.10 Å². The van der Waals surface area contributed by atoms with Gasteiger partial charge in [0.1, 0.15) is 24.2 Å². The van der Waals surface area contributed by atoms with Gasteiger partial charge in [-0.1, -0.05) is 30.3 Å². The molecule has 1 heterocycles. The van der Waals surface area contributed by atoms with Crippen molar-refractivity contribution >= 4 is 5.69 Å². The summed E-state index contributed by atoms with van der Waals surface area (Å²) < 4.78 is 11.7. The first-order valence-electron chi connectivity index (χ1n) is 6.55. The van der Waals surface area contributed by atoms with Crippen LogP contribution in [0.4, 0.5) is 5.69 Å². The predicted octanol–water partition coefficient (Wildman–Crippen LogP) is 3.04. The van der Waals surface area contributed by atoms with Gasteiger partial charge < -0.3 is 15.2 Å². The number of anilines is 1. The molecule has 0 spiro atoms. The SMILES string of the molecule is Nc1ccccc1OCC1CCc2ccccc2O1. The van der Waals surface area contributed by atoms with E-state index in [4.69, 9.17) is 15.2 Å². The second-order valence-electron chi connectivity index (χ2n) is 4.74. The lowest BCUT2D eigenvalue weighted by Crippen LogP contribution is -2.29. The molecule has 3 nitrogen and oxygen atoms in total. The monoisotopic (exact) mass is 255 g/mol. The molecule has 19 heavy (non-hydrogen) atoms. The van der Waals surface area contributed by atoms with Gasteiger partial charge in [0, 0.05) is 0 Å². The van der Waals surface area contributed by atoms with Gasteiger partial charge in [0.2, 0.25) is 0 Å². The zero-order chi connectivity index (χ0) is 13.1. The number of para-hydroxylation sites is 3. The van der Waals surface area contributed by atoms with Gasteiger partial charge in [-0.25, -0.2) is 0 Å². The van der Waals surface area contributed by atoms with E-state index >= 15 is 0 Å². The molecule has 1 unspecified atom stereocenters. The number of nitrogens with two attached hydrogens (primary N) is 1. The molecule has 2 N–H and O–H groups in total. The van der Waals surface area contributed by atoms with E-state index in [0.717, 1.165) is 24.3 Å². The third kappa shape index (κ3) is 2.65. The lowest BCUT2D eigenvalue weighted by atomic mass is 10.0. The fraction of sp³-hybridized carbons (Fsp3) is 0.250. The lowest BCUT2D eigenvalue weighted by molar-refractivity contribution is 0.110. The zero-order valence-corrected chi connectivity index (χ0v) is 10.7. The molecule has 2 aromatic rings. The van der Waals surface area contributed by atoms with Crippen molar-refractivity contribution in [1.29, 1.82) is 0 Å². The maximum Gasteiger partial charge on any atom is 0.142 e. The highest BCUT2D eigenvalue weighted by Crippen LogP contribution is 2.28. The van der Waals surface area contributed by atoms with E-state index in [1.165, 1.54) is 5.56 Å². The van der Waals surface area contributed by atoms with Crippen LogP contribution >= 0.6 is 0 Å². The highest BCUT2D eigenvalue weighted by atomic mass is 16.5. The number of nitrogen functional groups attached to an aromatic ring is 1. The van der Waals surface area contributed by atoms with Gasteiger partial charge in [-0.15, -0.1) is 0 Å². The smallest absolute Gasteiger partial charge is 0.142 e. The molecule has 0 saturated carbocycles. The van der Waals surface area contributed by atoms with Crippen molar-refractivity contribution in [3.63, 3.8) is 0 Å². The number of hydrogen-bond donors (Lipinski definition) is 1. The molecule has 1 aliphatic heterocycles. The van der Waals surface area contributed by atoms with Crippen molar-refractivity contribution in [1.82, 2.24) is 0 Å². The summed E-state index contributed by atoms with van der Waals surface area (Å²) in [7, 11) is 0. The summed E-state index contributed by atoms with van der Waals surface area (Å²) >= 11 is 0. The van der Waals surface area contributed by atoms with E-state index in [9.17, 15) is 0 Å². The van der Waals surface area contributed by atoms with Gasteiger partial charge in [-0.05, 0) is 36.6 Å². The first-order chi connectivity index (χ1) is 9.33. The Morgan fingerprint density at radius 1 is 1.11 bits per heavy atom. The Morgan fingerprint density at radius 2 is 1.89 bits per heavy atom. The molecule has 0 aliphatic carbocycles. The molecule has 0 fully saturated rings. The van der Waals surface area contributed by atoms with Crippen molar-refractivity contribution in [2.24, 2.45) is 0 Å². The molecule has 2 aromatic carbocycles. The second-order valence-corrected chi connectivity index (χ2v) is 4.74. The summed E-state index contributed by atoms with van der Waals surface area (Å²) in [6.45, 7) is 0.530. The van der Waals surface area contributed by atoms with Crippen LogP contribution in [0.3, 0.4) is 0 Å². The number of rotatable bonds is 3. The van der Waals surface area contributed by atoms with Crippen LogP contribution < -0.4 is 15.2 Å². The molecular weight excluding hydrogens is 238 g/mol. The second kappa shape index (κ2) is 5.22. The van der Waals surface area contributed by atoms with Crippen molar-refractivity contribution in [3.8, 4) is 11.5 Å². The summed E-state index contributed by atoms with van der Waals surface area (Å²) in [5, 5.41) is 0. The Bertz CT molecular complexity index is 568. The van der Waals surface area contributed by atoms with E-state index in [1.807, 2.05) is 42.5 Å². The van der Waals surface area contributed by atoms with Gasteiger partial charge in [0.15, 0.2) is 0 Å². The quantitative estimate of drug-likeness (QED) is 0.857. The molecule has 3 rings (SSSR count). The molecule has 0 bridgehead atoms. The Balaban J connectivity index is 1.62. The van der Waals surface area contributed by atoms with Crippen molar-refractivity contribution in [3.05, 3.63) is 54.1 Å². The zero-order valence-electron chi connectivity index (χ0n) is 10.7. The van der Waals surface area contributed by atoms with E-state index in [0.29, 0.717) is 12.3 Å². The molecule has 0 radical (unpaired) electrons. The maximum atomic E-state index is 5.93. The topological polar surface area (TPSA) is 44.5 Å². The summed E-state index contributed by atoms with van der Waals surface area (Å²) in [5.74, 6) is 1.70. The Labute approximate surface area is 113 Å². The summed E-state index contributed by atoms with van der Waals surface area (Å²) in [6, 6.07) is 15.7. The average Bonchev–Trinajstić information content (AvgIpc) is 2.46. The number of ether oxygens (including phenoxy) is 2. The molecule has 0 saturated heterocycles. The number of aryl methyl sites for hydroxylation is 1. The predicted molar refractivity (Wildman–Crippen MR) is 75.5 cm³/mol. The van der Waals surface area contributed by atoms with Crippen LogP contribution in [-0.2, 0) is 6.42 Å². The van der Waals surface area contributed by atoms with Gasteiger partial charge in [-0.2, -0.15) is 0 Å². The normalized spacial score (nSPS) is 17.4. The van der Waals surface area contributed by atoms with Crippen LogP contribution in [0.1, 0.15) is 12.0 Å². The largest absolute Gasteiger partial charge is 0.488 e. The molecule has 1 aliphatic rings. The maximum absolute atomic E-state index is 5.93. The van der Waals surface area contributed by atoms with Crippen molar-refractivity contribution in [2.75, 3.05) is 12.3 Å². The Kier molecular flexibility index (Phi) is 3.27. The lowest BCUT2D eigenvalue weighted by Gasteiger charge is -2.26. The van der Waals surface area contributed by atoms with Crippen LogP contribution in [0.25, 0.3) is 0 Å². The summed E-state index contributed by atoms with van der Waals surface area (Å²) in [5.41, 5.74) is 7.79. The van der Waals surface area contributed by atoms with E-state index in [2.05, 4.69) is 6.07 Å². The third-order valence-electron chi connectivity index (χ3n) is 3.35. The van der Waals surface area contributed by atoms with Gasteiger partial charge >= 0.3 is 0 Å². The molecule has 98 valence electrons. The number of benzene rings is 2. The van der Waals surface area contributed by atoms with Crippen molar-refractivity contribution in [2.45, 2.75) is 18.9 Å². The number of fused-ring (bicyclic) bond motifs is 1. The summed E-state index contributed by atoms with van der Waals surface area (Å²) in [4.78, 5) is 0. The first-order valence-corrected chi connectivity index (χ1v) is 6.55. The highest BCUT2D eigenvalue weighted by molar-refractivity contribution is 5.51. The third-order valence-corrected chi connectivity index (χ3v) is 3.35.